The zero-order valence-corrected chi connectivity index (χ0v) is 10.9. The van der Waals surface area contributed by atoms with Crippen molar-refractivity contribution in [1.29, 1.82) is 0 Å². The molecule has 3 N–H and O–H groups in total. The molecule has 2 aromatic rings. The van der Waals surface area contributed by atoms with Gasteiger partial charge in [0.05, 0.1) is 0 Å². The minimum Gasteiger partial charge on any atom is -0.370 e. The molecule has 3 nitrogen and oxygen atoms in total. The molecule has 20 heavy (non-hydrogen) atoms. The fourth-order valence-corrected chi connectivity index (χ4v) is 1.94. The molecule has 0 aliphatic carbocycles. The Kier molecular flexibility index (Phi) is 3.98. The molecule has 0 fully saturated rings. The fraction of sp³-hybridized carbons (Fsp3) is 0.133. The van der Waals surface area contributed by atoms with Crippen LogP contribution < -0.4 is 11.1 Å². The van der Waals surface area contributed by atoms with Crippen LogP contribution in [0.2, 0.25) is 0 Å². The molecule has 0 spiro atoms. The third-order valence-electron chi connectivity index (χ3n) is 2.99. The van der Waals surface area contributed by atoms with Crippen LogP contribution in [0.15, 0.2) is 42.5 Å². The van der Waals surface area contributed by atoms with Crippen LogP contribution in [0.25, 0.3) is 0 Å². The van der Waals surface area contributed by atoms with E-state index in [1.807, 2.05) is 0 Å². The number of carbonyl (C=O) groups is 1. The lowest BCUT2D eigenvalue weighted by Gasteiger charge is -2.19. The fourth-order valence-electron chi connectivity index (χ4n) is 1.94. The first kappa shape index (κ1) is 14.0. The van der Waals surface area contributed by atoms with Gasteiger partial charge in [-0.15, -0.1) is 0 Å². The van der Waals surface area contributed by atoms with Crippen molar-refractivity contribution in [2.24, 2.45) is 5.73 Å². The summed E-state index contributed by atoms with van der Waals surface area (Å²) in [5, 5.41) is 2.88. The Labute approximate surface area is 115 Å². The highest BCUT2D eigenvalue weighted by atomic mass is 19.1. The zero-order chi connectivity index (χ0) is 14.7. The Balaban J connectivity index is 2.34. The molecule has 0 heterocycles. The Morgan fingerprint density at radius 1 is 1.10 bits per heavy atom. The highest BCUT2D eigenvalue weighted by Gasteiger charge is 2.20. The zero-order valence-electron chi connectivity index (χ0n) is 10.9. The molecule has 0 radical (unpaired) electrons. The maximum Gasteiger partial charge on any atom is 0.244 e. The number of hydrogen-bond donors (Lipinski definition) is 2. The number of halogens is 2. The second-order valence-electron chi connectivity index (χ2n) is 4.49. The Bertz CT molecular complexity index is 626. The van der Waals surface area contributed by atoms with Gasteiger partial charge in [0.2, 0.25) is 5.91 Å². The van der Waals surface area contributed by atoms with E-state index in [0.29, 0.717) is 11.3 Å². The summed E-state index contributed by atoms with van der Waals surface area (Å²) in [5.41, 5.74) is 7.09. The second-order valence-corrected chi connectivity index (χ2v) is 4.49. The lowest BCUT2D eigenvalue weighted by Crippen LogP contribution is -2.28. The lowest BCUT2D eigenvalue weighted by molar-refractivity contribution is -0.118. The monoisotopic (exact) mass is 276 g/mol. The van der Waals surface area contributed by atoms with E-state index in [1.54, 1.807) is 13.0 Å². The second kappa shape index (κ2) is 5.69. The van der Waals surface area contributed by atoms with E-state index < -0.39 is 17.8 Å². The van der Waals surface area contributed by atoms with Crippen molar-refractivity contribution in [2.75, 3.05) is 5.32 Å². The molecular weight excluding hydrogens is 262 g/mol. The number of amides is 1. The number of primary amides is 1. The van der Waals surface area contributed by atoms with Crippen molar-refractivity contribution in [1.82, 2.24) is 0 Å². The minimum absolute atomic E-state index is 0.381. The van der Waals surface area contributed by atoms with Crippen molar-refractivity contribution >= 4 is 11.6 Å². The van der Waals surface area contributed by atoms with Gasteiger partial charge in [0.25, 0.3) is 0 Å². The van der Waals surface area contributed by atoms with Gasteiger partial charge in [0, 0.05) is 5.69 Å². The number of nitrogens with two attached hydrogens (primary N) is 1. The van der Waals surface area contributed by atoms with Gasteiger partial charge in [-0.3, -0.25) is 4.79 Å². The number of benzene rings is 2. The molecule has 1 amide bonds. The van der Waals surface area contributed by atoms with E-state index in [0.717, 1.165) is 5.56 Å². The Hall–Kier alpha value is -2.43. The number of rotatable bonds is 4. The molecule has 0 bridgehead atoms. The number of nitrogens with one attached hydrogen (secondary N) is 1. The molecular formula is C15H14F2N2O. The predicted octanol–water partition coefficient (Wildman–Crippen LogP) is 2.91. The van der Waals surface area contributed by atoms with Gasteiger partial charge in [-0.05, 0) is 54.4 Å². The van der Waals surface area contributed by atoms with Gasteiger partial charge in [0.1, 0.15) is 17.7 Å². The van der Waals surface area contributed by atoms with E-state index in [2.05, 4.69) is 5.32 Å². The topological polar surface area (TPSA) is 55.1 Å². The summed E-state index contributed by atoms with van der Waals surface area (Å²) in [5.74, 6) is -1.46. The normalized spacial score (nSPS) is 11.9. The molecule has 0 aliphatic heterocycles. The van der Waals surface area contributed by atoms with E-state index in [9.17, 15) is 13.6 Å². The van der Waals surface area contributed by atoms with Gasteiger partial charge in [-0.2, -0.15) is 0 Å². The van der Waals surface area contributed by atoms with Gasteiger partial charge in [0.15, 0.2) is 0 Å². The maximum absolute atomic E-state index is 13.3. The lowest BCUT2D eigenvalue weighted by atomic mass is 10.00. The third kappa shape index (κ3) is 3.12. The van der Waals surface area contributed by atoms with Crippen molar-refractivity contribution in [3.05, 3.63) is 65.2 Å². The average Bonchev–Trinajstić information content (AvgIpc) is 2.41. The van der Waals surface area contributed by atoms with Gasteiger partial charge < -0.3 is 11.1 Å². The summed E-state index contributed by atoms with van der Waals surface area (Å²) in [4.78, 5) is 11.6. The first-order valence-corrected chi connectivity index (χ1v) is 6.05. The summed E-state index contributed by atoms with van der Waals surface area (Å²) in [6, 6.07) is 8.77. The molecule has 2 aromatic carbocycles. The van der Waals surface area contributed by atoms with E-state index >= 15 is 0 Å². The van der Waals surface area contributed by atoms with Crippen molar-refractivity contribution in [3.63, 3.8) is 0 Å². The SMILES string of the molecule is Cc1ccc(F)cc1C(Nc1ccc(F)cc1)C(N)=O. The smallest absolute Gasteiger partial charge is 0.244 e. The molecule has 1 unspecified atom stereocenters. The quantitative estimate of drug-likeness (QED) is 0.902. The van der Waals surface area contributed by atoms with E-state index in [-0.39, 0.29) is 5.82 Å². The third-order valence-corrected chi connectivity index (χ3v) is 2.99. The summed E-state index contributed by atoms with van der Waals surface area (Å²) < 4.78 is 26.2. The summed E-state index contributed by atoms with van der Waals surface area (Å²) in [6.45, 7) is 1.76. The van der Waals surface area contributed by atoms with Crippen LogP contribution in [-0.4, -0.2) is 5.91 Å². The van der Waals surface area contributed by atoms with Crippen LogP contribution >= 0.6 is 0 Å². The van der Waals surface area contributed by atoms with Gasteiger partial charge in [-0.1, -0.05) is 6.07 Å². The van der Waals surface area contributed by atoms with Crippen LogP contribution in [0.5, 0.6) is 0 Å². The van der Waals surface area contributed by atoms with E-state index in [1.165, 1.54) is 36.4 Å². The predicted molar refractivity (Wildman–Crippen MR) is 73.1 cm³/mol. The van der Waals surface area contributed by atoms with Gasteiger partial charge in [-0.25, -0.2) is 8.78 Å². The van der Waals surface area contributed by atoms with Crippen molar-refractivity contribution in [2.45, 2.75) is 13.0 Å². The van der Waals surface area contributed by atoms with Crippen LogP contribution in [0.3, 0.4) is 0 Å². The number of hydrogen-bond acceptors (Lipinski definition) is 2. The molecule has 0 saturated carbocycles. The molecule has 5 heteroatoms. The van der Waals surface area contributed by atoms with Gasteiger partial charge >= 0.3 is 0 Å². The molecule has 104 valence electrons. The molecule has 1 atom stereocenters. The van der Waals surface area contributed by atoms with Crippen LogP contribution in [0, 0.1) is 18.6 Å². The number of aryl methyl sites for hydroxylation is 1. The average molecular weight is 276 g/mol. The largest absolute Gasteiger partial charge is 0.370 e. The minimum atomic E-state index is -0.879. The Morgan fingerprint density at radius 2 is 1.70 bits per heavy atom. The molecule has 0 aromatic heterocycles. The van der Waals surface area contributed by atoms with Crippen LogP contribution in [0.4, 0.5) is 14.5 Å². The number of anilines is 1. The molecule has 2 rings (SSSR count). The van der Waals surface area contributed by atoms with Crippen molar-refractivity contribution < 1.29 is 13.6 Å². The van der Waals surface area contributed by atoms with Crippen molar-refractivity contribution in [3.8, 4) is 0 Å². The first-order chi connectivity index (χ1) is 9.47. The first-order valence-electron chi connectivity index (χ1n) is 6.05. The van der Waals surface area contributed by atoms with E-state index in [4.69, 9.17) is 5.73 Å². The Morgan fingerprint density at radius 3 is 2.30 bits per heavy atom. The highest BCUT2D eigenvalue weighted by Crippen LogP contribution is 2.23. The summed E-state index contributed by atoms with van der Waals surface area (Å²) >= 11 is 0. The molecule has 0 aliphatic rings. The highest BCUT2D eigenvalue weighted by molar-refractivity contribution is 5.84. The maximum atomic E-state index is 13.3. The summed E-state index contributed by atoms with van der Waals surface area (Å²) in [6.07, 6.45) is 0. The molecule has 0 saturated heterocycles. The summed E-state index contributed by atoms with van der Waals surface area (Å²) in [7, 11) is 0. The van der Waals surface area contributed by atoms with Crippen LogP contribution in [0.1, 0.15) is 17.2 Å². The number of carbonyl (C=O) groups excluding carboxylic acids is 1. The van der Waals surface area contributed by atoms with Crippen LogP contribution in [-0.2, 0) is 4.79 Å². The standard InChI is InChI=1S/C15H14F2N2O/c1-9-2-3-11(17)8-13(9)14(15(18)20)19-12-6-4-10(16)5-7-12/h2-8,14,19H,1H3,(H2,18,20).